The fourth-order valence-corrected chi connectivity index (χ4v) is 3.20. The van der Waals surface area contributed by atoms with Gasteiger partial charge in [-0.25, -0.2) is 0 Å². The third kappa shape index (κ3) is 11.1. The monoisotopic (exact) mass is 310 g/mol. The molecule has 1 rings (SSSR count). The van der Waals surface area contributed by atoms with Gasteiger partial charge in [0.2, 0.25) is 5.91 Å². The zero-order chi connectivity index (χ0) is 15.9. The molecule has 0 aromatic carbocycles. The Balaban J connectivity index is 1.75. The van der Waals surface area contributed by atoms with Gasteiger partial charge in [0.05, 0.1) is 0 Å². The minimum atomic E-state index is 0.251. The molecule has 22 heavy (non-hydrogen) atoms. The second kappa shape index (κ2) is 14.0. The van der Waals surface area contributed by atoms with Crippen molar-refractivity contribution in [2.24, 2.45) is 0 Å². The summed E-state index contributed by atoms with van der Waals surface area (Å²) in [4.78, 5) is 11.7. The smallest absolute Gasteiger partial charge is 0.220 e. The summed E-state index contributed by atoms with van der Waals surface area (Å²) in [6.07, 6.45) is 18.0. The molecule has 1 fully saturated rings. The third-order valence-electron chi connectivity index (χ3n) is 4.68. The molecule has 0 spiro atoms. The number of hydrogen-bond acceptors (Lipinski definition) is 2. The predicted molar refractivity (Wildman–Crippen MR) is 95.1 cm³/mol. The highest BCUT2D eigenvalue weighted by Crippen LogP contribution is 2.12. The van der Waals surface area contributed by atoms with Crippen molar-refractivity contribution in [3.8, 4) is 0 Å². The molecule has 0 bridgehead atoms. The van der Waals surface area contributed by atoms with E-state index in [2.05, 4.69) is 17.6 Å². The maximum absolute atomic E-state index is 11.7. The van der Waals surface area contributed by atoms with Gasteiger partial charge in [0, 0.05) is 19.0 Å². The molecule has 1 unspecified atom stereocenters. The minimum Gasteiger partial charge on any atom is -0.352 e. The molecule has 130 valence electrons. The fraction of sp³-hybridized carbons (Fsp3) is 0.947. The first kappa shape index (κ1) is 19.5. The highest BCUT2D eigenvalue weighted by molar-refractivity contribution is 5.76. The van der Waals surface area contributed by atoms with E-state index in [0.717, 1.165) is 25.9 Å². The molecule has 3 nitrogen and oxygen atoms in total. The number of nitrogens with one attached hydrogen (secondary N) is 2. The summed E-state index contributed by atoms with van der Waals surface area (Å²) in [7, 11) is 0. The highest BCUT2D eigenvalue weighted by atomic mass is 16.1. The summed E-state index contributed by atoms with van der Waals surface area (Å²) in [6.45, 7) is 4.27. The number of unbranched alkanes of at least 4 members (excludes halogenated alkanes) is 11. The van der Waals surface area contributed by atoms with Crippen LogP contribution in [0.4, 0.5) is 0 Å². The Kier molecular flexibility index (Phi) is 12.4. The normalized spacial score (nSPS) is 17.8. The fourth-order valence-electron chi connectivity index (χ4n) is 3.20. The quantitative estimate of drug-likeness (QED) is 0.462. The lowest BCUT2D eigenvalue weighted by atomic mass is 10.0. The first-order chi connectivity index (χ1) is 10.8. The van der Waals surface area contributed by atoms with E-state index in [1.165, 1.54) is 70.6 Å². The van der Waals surface area contributed by atoms with Crippen molar-refractivity contribution in [1.82, 2.24) is 10.6 Å². The Morgan fingerprint density at radius 3 is 1.95 bits per heavy atom. The van der Waals surface area contributed by atoms with Crippen LogP contribution in [-0.2, 0) is 4.79 Å². The molecule has 2 N–H and O–H groups in total. The number of hydrogen-bond donors (Lipinski definition) is 2. The molecule has 1 heterocycles. The lowest BCUT2D eigenvalue weighted by Gasteiger charge is -2.10. The number of carbonyl (C=O) groups is 1. The van der Waals surface area contributed by atoms with Crippen molar-refractivity contribution < 1.29 is 4.79 Å². The van der Waals surface area contributed by atoms with Crippen LogP contribution >= 0.6 is 0 Å². The van der Waals surface area contributed by atoms with E-state index in [1.807, 2.05) is 0 Å². The summed E-state index contributed by atoms with van der Waals surface area (Å²) >= 11 is 0. The molecule has 1 atom stereocenters. The van der Waals surface area contributed by atoms with Crippen molar-refractivity contribution >= 4 is 5.91 Å². The van der Waals surface area contributed by atoms with Crippen LogP contribution in [0.3, 0.4) is 0 Å². The lowest BCUT2D eigenvalue weighted by molar-refractivity contribution is -0.121. The summed E-state index contributed by atoms with van der Waals surface area (Å²) in [5.74, 6) is 0.251. The molecule has 1 aliphatic heterocycles. The molecule has 0 aliphatic carbocycles. The van der Waals surface area contributed by atoms with Gasteiger partial charge in [-0.05, 0) is 19.4 Å². The molecular formula is C19H38N2O. The van der Waals surface area contributed by atoms with Crippen LogP contribution in [0, 0.1) is 0 Å². The van der Waals surface area contributed by atoms with Gasteiger partial charge in [-0.1, -0.05) is 77.6 Å². The van der Waals surface area contributed by atoms with E-state index in [9.17, 15) is 4.79 Å². The van der Waals surface area contributed by atoms with Crippen LogP contribution in [0.25, 0.3) is 0 Å². The van der Waals surface area contributed by atoms with E-state index >= 15 is 0 Å². The third-order valence-corrected chi connectivity index (χ3v) is 4.68. The zero-order valence-corrected chi connectivity index (χ0v) is 14.8. The van der Waals surface area contributed by atoms with Crippen molar-refractivity contribution in [3.05, 3.63) is 0 Å². The lowest BCUT2D eigenvalue weighted by Crippen LogP contribution is -2.35. The molecular weight excluding hydrogens is 272 g/mol. The van der Waals surface area contributed by atoms with Gasteiger partial charge in [0.1, 0.15) is 0 Å². The van der Waals surface area contributed by atoms with Crippen LogP contribution in [0.2, 0.25) is 0 Å². The Morgan fingerprint density at radius 2 is 1.45 bits per heavy atom. The molecule has 0 saturated carbocycles. The van der Waals surface area contributed by atoms with E-state index in [1.54, 1.807) is 0 Å². The standard InChI is InChI=1S/C19H38N2O/c1-2-3-4-5-6-7-8-9-10-11-12-13-14-19(22)21-18-15-16-20-17-18/h18,20H,2-17H2,1H3,(H,21,22). The van der Waals surface area contributed by atoms with Gasteiger partial charge in [0.25, 0.3) is 0 Å². The average Bonchev–Trinajstić information content (AvgIpc) is 3.01. The first-order valence-electron chi connectivity index (χ1n) is 9.83. The van der Waals surface area contributed by atoms with E-state index in [4.69, 9.17) is 0 Å². The van der Waals surface area contributed by atoms with Crippen LogP contribution in [0.15, 0.2) is 0 Å². The highest BCUT2D eigenvalue weighted by Gasteiger charge is 2.15. The van der Waals surface area contributed by atoms with Crippen LogP contribution < -0.4 is 10.6 Å². The molecule has 1 aliphatic rings. The SMILES string of the molecule is CCCCCCCCCCCCCCC(=O)NC1CCNC1. The summed E-state index contributed by atoms with van der Waals surface area (Å²) in [5.41, 5.74) is 0. The second-order valence-corrected chi connectivity index (χ2v) is 6.90. The summed E-state index contributed by atoms with van der Waals surface area (Å²) < 4.78 is 0. The Morgan fingerprint density at radius 1 is 0.909 bits per heavy atom. The first-order valence-corrected chi connectivity index (χ1v) is 9.83. The second-order valence-electron chi connectivity index (χ2n) is 6.90. The van der Waals surface area contributed by atoms with Crippen molar-refractivity contribution in [3.63, 3.8) is 0 Å². The molecule has 0 aromatic heterocycles. The molecule has 1 saturated heterocycles. The van der Waals surface area contributed by atoms with Gasteiger partial charge in [-0.15, -0.1) is 0 Å². The van der Waals surface area contributed by atoms with Gasteiger partial charge in [0.15, 0.2) is 0 Å². The van der Waals surface area contributed by atoms with Gasteiger partial charge >= 0.3 is 0 Å². The summed E-state index contributed by atoms with van der Waals surface area (Å²) in [5, 5.41) is 6.39. The maximum Gasteiger partial charge on any atom is 0.220 e. The van der Waals surface area contributed by atoms with Gasteiger partial charge in [-0.3, -0.25) is 4.79 Å². The molecule has 0 radical (unpaired) electrons. The molecule has 1 amide bonds. The number of amides is 1. The Labute approximate surface area is 138 Å². The number of carbonyl (C=O) groups excluding carboxylic acids is 1. The molecule has 3 heteroatoms. The summed E-state index contributed by atoms with van der Waals surface area (Å²) in [6, 6.07) is 0.379. The minimum absolute atomic E-state index is 0.251. The maximum atomic E-state index is 11.7. The average molecular weight is 311 g/mol. The van der Waals surface area contributed by atoms with Crippen molar-refractivity contribution in [2.75, 3.05) is 13.1 Å². The van der Waals surface area contributed by atoms with Crippen molar-refractivity contribution in [2.45, 2.75) is 103 Å². The topological polar surface area (TPSA) is 41.1 Å². The van der Waals surface area contributed by atoms with Crippen LogP contribution in [-0.4, -0.2) is 25.0 Å². The Hall–Kier alpha value is -0.570. The van der Waals surface area contributed by atoms with E-state index in [-0.39, 0.29) is 5.91 Å². The zero-order valence-electron chi connectivity index (χ0n) is 14.8. The van der Waals surface area contributed by atoms with E-state index < -0.39 is 0 Å². The largest absolute Gasteiger partial charge is 0.352 e. The van der Waals surface area contributed by atoms with Gasteiger partial charge in [-0.2, -0.15) is 0 Å². The molecule has 0 aromatic rings. The van der Waals surface area contributed by atoms with Crippen molar-refractivity contribution in [1.29, 1.82) is 0 Å². The number of rotatable bonds is 14. The van der Waals surface area contributed by atoms with Gasteiger partial charge < -0.3 is 10.6 Å². The Bertz CT molecular complexity index is 262. The van der Waals surface area contributed by atoms with Crippen LogP contribution in [0.5, 0.6) is 0 Å². The van der Waals surface area contributed by atoms with Crippen LogP contribution in [0.1, 0.15) is 96.8 Å². The predicted octanol–water partition coefficient (Wildman–Crippen LogP) is 4.56. The van der Waals surface area contributed by atoms with E-state index in [0.29, 0.717) is 12.5 Å².